The minimum atomic E-state index is -1.16. The molecule has 2 aliphatic heterocycles. The summed E-state index contributed by atoms with van der Waals surface area (Å²) in [5, 5.41) is 20.9. The average molecular weight is 545 g/mol. The first-order valence-corrected chi connectivity index (χ1v) is 14.2. The average Bonchev–Trinajstić information content (AvgIpc) is 3.57. The van der Waals surface area contributed by atoms with E-state index < -0.39 is 23.8 Å². The molecule has 1 aromatic heterocycles. The SMILES string of the molecule is COc1cc([C@@H]2c3sc(=O)[nH]c3S[C@@H]3[C@H]4C[C@@H]([C@@H]5C(=O)N([C@@H](CC(C)C)C(=O)O)C(=O)[C@@H]45)[C@@H]23)ccc1O. The number of carbonyl (C=O) groups excluding carboxylic acids is 2. The molecule has 9 nitrogen and oxygen atoms in total. The van der Waals surface area contributed by atoms with Crippen molar-refractivity contribution in [1.82, 2.24) is 9.88 Å². The van der Waals surface area contributed by atoms with Crippen molar-refractivity contribution in [2.24, 2.45) is 35.5 Å². The van der Waals surface area contributed by atoms with Gasteiger partial charge >= 0.3 is 10.8 Å². The first-order valence-electron chi connectivity index (χ1n) is 12.5. The number of aromatic hydroxyl groups is 1. The van der Waals surface area contributed by atoms with Gasteiger partial charge in [0.2, 0.25) is 11.8 Å². The number of aromatic nitrogens is 1. The zero-order valence-electron chi connectivity index (χ0n) is 20.5. The lowest BCUT2D eigenvalue weighted by molar-refractivity contribution is -0.156. The summed E-state index contributed by atoms with van der Waals surface area (Å²) in [4.78, 5) is 56.7. The second kappa shape index (κ2) is 8.62. The molecule has 2 bridgehead atoms. The number of carboxylic acids is 1. The molecule has 8 atom stereocenters. The summed E-state index contributed by atoms with van der Waals surface area (Å²) in [6, 6.07) is 4.02. The van der Waals surface area contributed by atoms with E-state index in [-0.39, 0.29) is 63.7 Å². The summed E-state index contributed by atoms with van der Waals surface area (Å²) < 4.78 is 5.36. The number of nitrogens with one attached hydrogen (secondary N) is 1. The summed E-state index contributed by atoms with van der Waals surface area (Å²) in [5.74, 6) is -3.02. The number of rotatable bonds is 6. The Hall–Kier alpha value is -2.79. The van der Waals surface area contributed by atoms with Crippen molar-refractivity contribution in [3.63, 3.8) is 0 Å². The number of hydrogen-bond donors (Lipinski definition) is 3. The van der Waals surface area contributed by atoms with Crippen LogP contribution in [0.25, 0.3) is 0 Å². The normalized spacial score (nSPS) is 32.4. The number of aliphatic carboxylic acids is 1. The van der Waals surface area contributed by atoms with Crippen molar-refractivity contribution < 1.29 is 29.3 Å². The van der Waals surface area contributed by atoms with Gasteiger partial charge in [-0.05, 0) is 54.2 Å². The molecule has 1 aromatic carbocycles. The van der Waals surface area contributed by atoms with Gasteiger partial charge in [-0.2, -0.15) is 0 Å². The fourth-order valence-corrected chi connectivity index (χ4v) is 10.3. The Morgan fingerprint density at radius 1 is 1.19 bits per heavy atom. The molecule has 3 N–H and O–H groups in total. The predicted molar refractivity (Wildman–Crippen MR) is 136 cm³/mol. The van der Waals surface area contributed by atoms with Gasteiger partial charge in [-0.15, -0.1) is 11.8 Å². The molecule has 0 unspecified atom stereocenters. The van der Waals surface area contributed by atoms with E-state index in [0.717, 1.165) is 38.1 Å². The van der Waals surface area contributed by atoms with E-state index in [2.05, 4.69) is 4.98 Å². The number of benzene rings is 1. The number of hydrogen-bond acceptors (Lipinski definition) is 8. The lowest BCUT2D eigenvalue weighted by Crippen LogP contribution is -2.47. The lowest BCUT2D eigenvalue weighted by atomic mass is 9.68. The number of imide groups is 1. The number of fused-ring (bicyclic) bond motifs is 9. The Labute approximate surface area is 221 Å². The molecule has 3 heterocycles. The molecular formula is C26H28N2O7S2. The van der Waals surface area contributed by atoms with E-state index in [1.165, 1.54) is 7.11 Å². The van der Waals surface area contributed by atoms with E-state index in [1.54, 1.807) is 23.9 Å². The zero-order chi connectivity index (χ0) is 26.3. The van der Waals surface area contributed by atoms with Gasteiger partial charge in [0.15, 0.2) is 11.5 Å². The molecule has 0 radical (unpaired) electrons. The van der Waals surface area contributed by atoms with Gasteiger partial charge in [-0.3, -0.25) is 19.3 Å². The van der Waals surface area contributed by atoms with Gasteiger partial charge in [-0.1, -0.05) is 31.3 Å². The number of thiazole rings is 1. The Kier molecular flexibility index (Phi) is 5.72. The Bertz CT molecular complexity index is 1370. The largest absolute Gasteiger partial charge is 0.504 e. The summed E-state index contributed by atoms with van der Waals surface area (Å²) in [5.41, 5.74) is 0.877. The van der Waals surface area contributed by atoms with Crippen molar-refractivity contribution in [2.75, 3.05) is 7.11 Å². The topological polar surface area (TPSA) is 137 Å². The Balaban J connectivity index is 1.43. The van der Waals surface area contributed by atoms with Gasteiger partial charge in [0.25, 0.3) is 0 Å². The van der Waals surface area contributed by atoms with Crippen molar-refractivity contribution in [3.05, 3.63) is 38.3 Å². The standard InChI is InChI=1S/C26H28N2O7S2/c1-9(2)6-13(25(32)33)28-23(30)18-11-8-12(19(18)24(28)31)20-17(11)16(21-22(36-20)27-26(34)37-21)10-4-5-14(29)15(7-10)35-3/h4-5,7,9,11-13,16-20,29H,6,8H2,1-3H3,(H,27,34)(H,32,33)/t11-,12+,13+,16+,17+,18+,19+,20-/m1/s1. The van der Waals surface area contributed by atoms with Crippen LogP contribution >= 0.6 is 23.1 Å². The summed E-state index contributed by atoms with van der Waals surface area (Å²) in [6.45, 7) is 3.76. The molecule has 2 aromatic rings. The summed E-state index contributed by atoms with van der Waals surface area (Å²) in [7, 11) is 1.48. The molecule has 2 amide bonds. The predicted octanol–water partition coefficient (Wildman–Crippen LogP) is 3.12. The summed E-state index contributed by atoms with van der Waals surface area (Å²) in [6.07, 6.45) is 0.938. The third-order valence-corrected chi connectivity index (χ3v) is 11.2. The van der Waals surface area contributed by atoms with Gasteiger partial charge in [0, 0.05) is 16.0 Å². The number of phenolic OH excluding ortho intramolecular Hbond substituents is 1. The van der Waals surface area contributed by atoms with Crippen molar-refractivity contribution in [1.29, 1.82) is 0 Å². The number of carboxylic acid groups (broad SMARTS) is 1. The first kappa shape index (κ1) is 24.5. The molecule has 4 aliphatic rings. The van der Waals surface area contributed by atoms with Crippen LogP contribution in [-0.4, -0.2) is 56.3 Å². The molecule has 37 heavy (non-hydrogen) atoms. The Morgan fingerprint density at radius 2 is 1.89 bits per heavy atom. The third-order valence-electron chi connectivity index (χ3n) is 8.61. The number of methoxy groups -OCH3 is 1. The minimum absolute atomic E-state index is 0.00104. The number of ether oxygens (including phenoxy) is 1. The molecule has 11 heteroatoms. The fourth-order valence-electron chi connectivity index (χ4n) is 7.37. The fraction of sp³-hybridized carbons (Fsp3) is 0.538. The number of phenols is 1. The Morgan fingerprint density at radius 3 is 2.54 bits per heavy atom. The van der Waals surface area contributed by atoms with Crippen LogP contribution in [0.3, 0.4) is 0 Å². The van der Waals surface area contributed by atoms with Crippen molar-refractivity contribution >= 4 is 40.9 Å². The second-order valence-corrected chi connectivity index (χ2v) is 13.1. The van der Waals surface area contributed by atoms with Gasteiger partial charge in [0.1, 0.15) is 6.04 Å². The molecule has 196 valence electrons. The molecule has 2 saturated carbocycles. The maximum atomic E-state index is 13.8. The molecule has 0 spiro atoms. The van der Waals surface area contributed by atoms with E-state index in [9.17, 15) is 29.4 Å². The number of thioether (sulfide) groups is 1. The smallest absolute Gasteiger partial charge is 0.326 e. The van der Waals surface area contributed by atoms with Crippen molar-refractivity contribution in [3.8, 4) is 11.5 Å². The zero-order valence-corrected chi connectivity index (χ0v) is 22.2. The highest BCUT2D eigenvalue weighted by atomic mass is 32.2. The molecule has 6 rings (SSSR count). The van der Waals surface area contributed by atoms with Crippen LogP contribution in [0.15, 0.2) is 28.0 Å². The second-order valence-electron chi connectivity index (χ2n) is 10.9. The first-order chi connectivity index (χ1) is 17.6. The maximum Gasteiger partial charge on any atom is 0.326 e. The van der Waals surface area contributed by atoms with Crippen LogP contribution in [0, 0.1) is 35.5 Å². The number of nitrogens with zero attached hydrogens (tertiary/aromatic N) is 1. The number of amides is 2. The van der Waals surface area contributed by atoms with Crippen LogP contribution in [-0.2, 0) is 14.4 Å². The maximum absolute atomic E-state index is 13.8. The molecule has 1 saturated heterocycles. The quantitative estimate of drug-likeness (QED) is 0.472. The number of aromatic amines is 1. The van der Waals surface area contributed by atoms with Crippen LogP contribution in [0.5, 0.6) is 11.5 Å². The van der Waals surface area contributed by atoms with Crippen LogP contribution in [0.4, 0.5) is 0 Å². The van der Waals surface area contributed by atoms with Gasteiger partial charge in [-0.25, -0.2) is 4.79 Å². The van der Waals surface area contributed by atoms with Crippen LogP contribution < -0.4 is 9.61 Å². The van der Waals surface area contributed by atoms with Crippen LogP contribution in [0.2, 0.25) is 0 Å². The summed E-state index contributed by atoms with van der Waals surface area (Å²) >= 11 is 2.73. The lowest BCUT2D eigenvalue weighted by Gasteiger charge is -2.43. The van der Waals surface area contributed by atoms with E-state index >= 15 is 0 Å². The van der Waals surface area contributed by atoms with Crippen molar-refractivity contribution in [2.45, 2.75) is 48.9 Å². The van der Waals surface area contributed by atoms with E-state index in [1.807, 2.05) is 19.9 Å². The highest BCUT2D eigenvalue weighted by Gasteiger charge is 2.70. The monoisotopic (exact) mass is 544 g/mol. The van der Waals surface area contributed by atoms with E-state index in [4.69, 9.17) is 4.74 Å². The molecular weight excluding hydrogens is 516 g/mol. The van der Waals surface area contributed by atoms with Gasteiger partial charge in [0.05, 0.1) is 24.0 Å². The number of H-pyrrole nitrogens is 1. The highest BCUT2D eigenvalue weighted by Crippen LogP contribution is 2.68. The van der Waals surface area contributed by atoms with Crippen LogP contribution in [0.1, 0.15) is 43.0 Å². The molecule has 2 aliphatic carbocycles. The number of carbonyl (C=O) groups is 3. The third kappa shape index (κ3) is 3.49. The van der Waals surface area contributed by atoms with E-state index in [0.29, 0.717) is 5.75 Å². The minimum Gasteiger partial charge on any atom is -0.504 e. The van der Waals surface area contributed by atoms with Gasteiger partial charge < -0.3 is 19.9 Å². The molecule has 3 fully saturated rings. The highest BCUT2D eigenvalue weighted by molar-refractivity contribution is 8.00. The number of likely N-dealkylation sites (tertiary alicyclic amines) is 1.